The highest BCUT2D eigenvalue weighted by molar-refractivity contribution is 6.23. The van der Waals surface area contributed by atoms with Gasteiger partial charge in [-0.1, -0.05) is 0 Å². The fourth-order valence-corrected chi connectivity index (χ4v) is 3.63. The van der Waals surface area contributed by atoms with Gasteiger partial charge in [-0.05, 0) is 18.6 Å². The molecular formula is C17H17FN4O4. The molecule has 0 saturated carbocycles. The number of carbonyl (C=O) groups excluding carboxylic acids is 4. The van der Waals surface area contributed by atoms with E-state index in [-0.39, 0.29) is 29.7 Å². The van der Waals surface area contributed by atoms with Gasteiger partial charge in [0.2, 0.25) is 11.8 Å². The van der Waals surface area contributed by atoms with Gasteiger partial charge in [-0.3, -0.25) is 29.4 Å². The number of piperidine rings is 1. The molecule has 1 atom stereocenters. The third-order valence-corrected chi connectivity index (χ3v) is 4.96. The molecule has 9 heteroatoms. The number of nitrogens with one attached hydrogen (secondary N) is 2. The van der Waals surface area contributed by atoms with E-state index in [1.165, 1.54) is 6.07 Å². The van der Waals surface area contributed by atoms with E-state index in [1.54, 1.807) is 0 Å². The van der Waals surface area contributed by atoms with Gasteiger partial charge in [-0.25, -0.2) is 4.39 Å². The van der Waals surface area contributed by atoms with E-state index in [2.05, 4.69) is 10.6 Å². The number of benzene rings is 1. The third kappa shape index (κ3) is 2.55. The highest BCUT2D eigenvalue weighted by Gasteiger charge is 2.45. The zero-order chi connectivity index (χ0) is 18.4. The molecule has 4 rings (SSSR count). The van der Waals surface area contributed by atoms with Crippen LogP contribution in [0.5, 0.6) is 0 Å². The number of imide groups is 2. The maximum absolute atomic E-state index is 14.6. The number of hydrogen-bond donors (Lipinski definition) is 2. The Balaban J connectivity index is 1.68. The molecule has 8 nitrogen and oxygen atoms in total. The van der Waals surface area contributed by atoms with Crippen LogP contribution in [0.4, 0.5) is 10.1 Å². The summed E-state index contributed by atoms with van der Waals surface area (Å²) in [5, 5.41) is 5.30. The van der Waals surface area contributed by atoms with Crippen molar-refractivity contribution in [3.05, 3.63) is 29.1 Å². The fourth-order valence-electron chi connectivity index (χ4n) is 3.63. The lowest BCUT2D eigenvalue weighted by Gasteiger charge is -2.30. The summed E-state index contributed by atoms with van der Waals surface area (Å²) in [6.07, 6.45) is 0.119. The average Bonchev–Trinajstić information content (AvgIpc) is 2.86. The first-order chi connectivity index (χ1) is 12.5. The number of amides is 4. The summed E-state index contributed by atoms with van der Waals surface area (Å²) < 4.78 is 14.6. The summed E-state index contributed by atoms with van der Waals surface area (Å²) in [4.78, 5) is 51.4. The number of halogens is 1. The average molecular weight is 360 g/mol. The molecule has 0 aliphatic carbocycles. The van der Waals surface area contributed by atoms with Gasteiger partial charge in [0, 0.05) is 32.6 Å². The van der Waals surface area contributed by atoms with Gasteiger partial charge >= 0.3 is 0 Å². The number of nitrogens with zero attached hydrogens (tertiary/aromatic N) is 2. The first-order valence-electron chi connectivity index (χ1n) is 8.48. The van der Waals surface area contributed by atoms with Crippen LogP contribution >= 0.6 is 0 Å². The van der Waals surface area contributed by atoms with Crippen molar-refractivity contribution in [1.82, 2.24) is 15.5 Å². The van der Waals surface area contributed by atoms with Crippen LogP contribution in [-0.2, 0) is 9.59 Å². The SMILES string of the molecule is O=C1CC[C@H](N2C(=O)c3cc(F)c(N4CCNCC4)cc3C2=O)C(=O)N1. The highest BCUT2D eigenvalue weighted by atomic mass is 19.1. The minimum Gasteiger partial charge on any atom is -0.367 e. The second kappa shape index (κ2) is 6.17. The molecule has 26 heavy (non-hydrogen) atoms. The Morgan fingerprint density at radius 1 is 1.00 bits per heavy atom. The van der Waals surface area contributed by atoms with Crippen molar-refractivity contribution in [2.75, 3.05) is 31.1 Å². The second-order valence-electron chi connectivity index (χ2n) is 6.53. The zero-order valence-corrected chi connectivity index (χ0v) is 13.9. The van der Waals surface area contributed by atoms with Crippen LogP contribution in [0.3, 0.4) is 0 Å². The van der Waals surface area contributed by atoms with E-state index in [1.807, 2.05) is 4.90 Å². The zero-order valence-electron chi connectivity index (χ0n) is 13.9. The first-order valence-corrected chi connectivity index (χ1v) is 8.48. The van der Waals surface area contributed by atoms with Crippen LogP contribution in [0, 0.1) is 5.82 Å². The molecule has 3 heterocycles. The van der Waals surface area contributed by atoms with Gasteiger partial charge in [0.15, 0.2) is 0 Å². The lowest BCUT2D eigenvalue weighted by molar-refractivity contribution is -0.136. The molecule has 2 saturated heterocycles. The predicted octanol–water partition coefficient (Wildman–Crippen LogP) is -0.363. The minimum atomic E-state index is -1.05. The number of hydrogen-bond acceptors (Lipinski definition) is 6. The molecule has 0 bridgehead atoms. The molecule has 0 spiro atoms. The van der Waals surface area contributed by atoms with Gasteiger partial charge in [-0.15, -0.1) is 0 Å². The Labute approximate surface area is 148 Å². The first kappa shape index (κ1) is 16.6. The van der Waals surface area contributed by atoms with E-state index in [9.17, 15) is 23.6 Å². The molecule has 0 radical (unpaired) electrons. The number of piperazine rings is 1. The highest BCUT2D eigenvalue weighted by Crippen LogP contribution is 2.32. The maximum atomic E-state index is 14.6. The number of rotatable bonds is 2. The molecular weight excluding hydrogens is 343 g/mol. The lowest BCUT2D eigenvalue weighted by Crippen LogP contribution is -2.54. The van der Waals surface area contributed by atoms with Gasteiger partial charge in [0.25, 0.3) is 11.8 Å². The van der Waals surface area contributed by atoms with E-state index in [0.717, 1.165) is 11.0 Å². The van der Waals surface area contributed by atoms with Crippen LogP contribution in [-0.4, -0.2) is 60.7 Å². The molecule has 4 amide bonds. The minimum absolute atomic E-state index is 0.0453. The monoisotopic (exact) mass is 360 g/mol. The van der Waals surface area contributed by atoms with E-state index in [0.29, 0.717) is 26.2 Å². The van der Waals surface area contributed by atoms with Crippen LogP contribution in [0.15, 0.2) is 12.1 Å². The predicted molar refractivity (Wildman–Crippen MR) is 88.2 cm³/mol. The molecule has 2 N–H and O–H groups in total. The largest absolute Gasteiger partial charge is 0.367 e. The van der Waals surface area contributed by atoms with Crippen molar-refractivity contribution in [2.24, 2.45) is 0 Å². The molecule has 3 aliphatic heterocycles. The van der Waals surface area contributed by atoms with Crippen molar-refractivity contribution in [2.45, 2.75) is 18.9 Å². The van der Waals surface area contributed by atoms with Crippen LogP contribution in [0.2, 0.25) is 0 Å². The number of anilines is 1. The molecule has 136 valence electrons. The summed E-state index contributed by atoms with van der Waals surface area (Å²) in [6.45, 7) is 2.58. The van der Waals surface area contributed by atoms with Crippen LogP contribution in [0.1, 0.15) is 33.6 Å². The summed E-state index contributed by atoms with van der Waals surface area (Å²) in [5.74, 6) is -3.02. The second-order valence-corrected chi connectivity index (χ2v) is 6.53. The lowest BCUT2D eigenvalue weighted by atomic mass is 10.0. The van der Waals surface area contributed by atoms with E-state index >= 15 is 0 Å². The van der Waals surface area contributed by atoms with Crippen molar-refractivity contribution in [3.63, 3.8) is 0 Å². The Bertz CT molecular complexity index is 834. The smallest absolute Gasteiger partial charge is 0.262 e. The third-order valence-electron chi connectivity index (χ3n) is 4.96. The Kier molecular flexibility index (Phi) is 3.95. The van der Waals surface area contributed by atoms with Crippen molar-refractivity contribution >= 4 is 29.3 Å². The van der Waals surface area contributed by atoms with Crippen molar-refractivity contribution in [3.8, 4) is 0 Å². The van der Waals surface area contributed by atoms with Crippen molar-refractivity contribution in [1.29, 1.82) is 0 Å². The van der Waals surface area contributed by atoms with Gasteiger partial charge in [0.05, 0.1) is 16.8 Å². The Morgan fingerprint density at radius 2 is 1.65 bits per heavy atom. The van der Waals surface area contributed by atoms with Gasteiger partial charge < -0.3 is 10.2 Å². The summed E-state index contributed by atoms with van der Waals surface area (Å²) in [5.41, 5.74) is 0.322. The molecule has 1 aromatic rings. The Hall–Kier alpha value is -2.81. The Morgan fingerprint density at radius 3 is 2.31 bits per heavy atom. The topological polar surface area (TPSA) is 98.8 Å². The van der Waals surface area contributed by atoms with Gasteiger partial charge in [-0.2, -0.15) is 0 Å². The van der Waals surface area contributed by atoms with E-state index in [4.69, 9.17) is 0 Å². The van der Waals surface area contributed by atoms with Crippen LogP contribution in [0.25, 0.3) is 0 Å². The number of fused-ring (bicyclic) bond motifs is 1. The van der Waals surface area contributed by atoms with Gasteiger partial charge in [0.1, 0.15) is 11.9 Å². The van der Waals surface area contributed by atoms with E-state index < -0.39 is 35.5 Å². The summed E-state index contributed by atoms with van der Waals surface area (Å²) in [7, 11) is 0. The molecule has 2 fully saturated rings. The molecule has 3 aliphatic rings. The molecule has 0 unspecified atom stereocenters. The molecule has 1 aromatic carbocycles. The fraction of sp³-hybridized carbons (Fsp3) is 0.412. The standard InChI is InChI=1S/C17H17FN4O4/c18-11-7-9-10(8-13(11)21-5-3-19-4-6-21)17(26)22(16(9)25)12-1-2-14(23)20-15(12)24/h7-8,12,19H,1-6H2,(H,20,23,24)/t12-/m0/s1. The molecule has 0 aromatic heterocycles. The normalized spacial score (nSPS) is 23.3. The summed E-state index contributed by atoms with van der Waals surface area (Å²) in [6, 6.07) is 1.41. The summed E-state index contributed by atoms with van der Waals surface area (Å²) >= 11 is 0. The maximum Gasteiger partial charge on any atom is 0.262 e. The van der Waals surface area contributed by atoms with Crippen molar-refractivity contribution < 1.29 is 23.6 Å². The van der Waals surface area contributed by atoms with Crippen LogP contribution < -0.4 is 15.5 Å². The number of carbonyl (C=O) groups is 4. The quantitative estimate of drug-likeness (QED) is 0.699.